The lowest BCUT2D eigenvalue weighted by Crippen LogP contribution is -2.52. The molecule has 3 rings (SSSR count). The summed E-state index contributed by atoms with van der Waals surface area (Å²) in [5.74, 6) is -0.397. The number of anilines is 1. The normalized spacial score (nSPS) is 11.9. The van der Waals surface area contributed by atoms with E-state index in [1.54, 1.807) is 73.7 Å². The van der Waals surface area contributed by atoms with E-state index in [2.05, 4.69) is 5.32 Å². The molecule has 0 saturated carbocycles. The van der Waals surface area contributed by atoms with Gasteiger partial charge in [-0.1, -0.05) is 54.9 Å². The van der Waals surface area contributed by atoms with E-state index in [0.29, 0.717) is 23.7 Å². The van der Waals surface area contributed by atoms with E-state index in [1.165, 1.54) is 24.1 Å². The zero-order valence-electron chi connectivity index (χ0n) is 21.6. The van der Waals surface area contributed by atoms with Gasteiger partial charge in [-0.05, 0) is 55.3 Å². The van der Waals surface area contributed by atoms with Crippen molar-refractivity contribution in [3.05, 3.63) is 89.4 Å². The van der Waals surface area contributed by atoms with Gasteiger partial charge < -0.3 is 15.0 Å². The summed E-state index contributed by atoms with van der Waals surface area (Å²) in [5.41, 5.74) is 1.02. The van der Waals surface area contributed by atoms with Gasteiger partial charge in [-0.15, -0.1) is 0 Å². The average molecular weight is 558 g/mol. The fourth-order valence-corrected chi connectivity index (χ4v) is 5.57. The lowest BCUT2D eigenvalue weighted by atomic mass is 10.1. The fourth-order valence-electron chi connectivity index (χ4n) is 4.01. The number of halogens is 1. The van der Waals surface area contributed by atoms with E-state index in [9.17, 15) is 18.0 Å². The molecule has 0 bridgehead atoms. The lowest BCUT2D eigenvalue weighted by molar-refractivity contribution is -0.140. The van der Waals surface area contributed by atoms with Gasteiger partial charge in [0.25, 0.3) is 10.0 Å². The molecule has 1 N–H and O–H groups in total. The minimum absolute atomic E-state index is 0.0376. The molecule has 0 aliphatic rings. The van der Waals surface area contributed by atoms with Gasteiger partial charge in [-0.2, -0.15) is 0 Å². The van der Waals surface area contributed by atoms with E-state index >= 15 is 0 Å². The van der Waals surface area contributed by atoms with Gasteiger partial charge >= 0.3 is 0 Å². The van der Waals surface area contributed by atoms with Crippen LogP contribution < -0.4 is 14.4 Å². The lowest BCUT2D eigenvalue weighted by Gasteiger charge is -2.33. The molecule has 0 saturated heterocycles. The first-order chi connectivity index (χ1) is 18.2. The van der Waals surface area contributed by atoms with Crippen molar-refractivity contribution in [2.45, 2.75) is 37.8 Å². The number of methoxy groups -OCH3 is 1. The Bertz CT molecular complexity index is 1330. The Morgan fingerprint density at radius 2 is 1.66 bits per heavy atom. The number of rotatable bonds is 12. The Kier molecular flexibility index (Phi) is 10.2. The maximum atomic E-state index is 13.9. The molecule has 0 radical (unpaired) electrons. The van der Waals surface area contributed by atoms with Crippen LogP contribution in [0.2, 0.25) is 5.02 Å². The Labute approximate surface area is 229 Å². The van der Waals surface area contributed by atoms with E-state index in [1.807, 2.05) is 6.92 Å². The van der Waals surface area contributed by atoms with E-state index in [4.69, 9.17) is 16.3 Å². The molecule has 0 fully saturated rings. The summed E-state index contributed by atoms with van der Waals surface area (Å²) in [4.78, 5) is 28.3. The average Bonchev–Trinajstić information content (AvgIpc) is 2.93. The van der Waals surface area contributed by atoms with E-state index in [0.717, 1.165) is 9.87 Å². The summed E-state index contributed by atoms with van der Waals surface area (Å²) in [6.07, 6.45) is 0.343. The third-order valence-electron chi connectivity index (χ3n) is 5.95. The van der Waals surface area contributed by atoms with Crippen molar-refractivity contribution in [3.63, 3.8) is 0 Å². The molecule has 0 aromatic heterocycles. The number of hydrogen-bond donors (Lipinski definition) is 1. The molecule has 0 aliphatic carbocycles. The molecule has 0 heterocycles. The molecule has 202 valence electrons. The van der Waals surface area contributed by atoms with E-state index in [-0.39, 0.29) is 23.0 Å². The second kappa shape index (κ2) is 13.3. The smallest absolute Gasteiger partial charge is 0.264 e. The van der Waals surface area contributed by atoms with Crippen LogP contribution in [0.25, 0.3) is 0 Å². The second-order valence-corrected chi connectivity index (χ2v) is 10.8. The molecular formula is C28H32ClN3O5S. The predicted octanol–water partition coefficient (Wildman–Crippen LogP) is 4.49. The topological polar surface area (TPSA) is 96.0 Å². The van der Waals surface area contributed by atoms with Crippen molar-refractivity contribution in [2.24, 2.45) is 0 Å². The Morgan fingerprint density at radius 1 is 0.974 bits per heavy atom. The maximum absolute atomic E-state index is 13.9. The van der Waals surface area contributed by atoms with Crippen LogP contribution in [0.4, 0.5) is 5.69 Å². The van der Waals surface area contributed by atoms with Crippen molar-refractivity contribution in [2.75, 3.05) is 24.5 Å². The molecule has 0 spiro atoms. The fraction of sp³-hybridized carbons (Fsp3) is 0.286. The Morgan fingerprint density at radius 3 is 2.26 bits per heavy atom. The molecule has 1 unspecified atom stereocenters. The quantitative estimate of drug-likeness (QED) is 0.354. The van der Waals surface area contributed by atoms with Crippen molar-refractivity contribution >= 4 is 39.1 Å². The van der Waals surface area contributed by atoms with Crippen LogP contribution >= 0.6 is 11.6 Å². The summed E-state index contributed by atoms with van der Waals surface area (Å²) in [7, 11) is -2.66. The summed E-state index contributed by atoms with van der Waals surface area (Å²) in [6, 6.07) is 20.5. The van der Waals surface area contributed by atoms with Gasteiger partial charge in [0.1, 0.15) is 18.3 Å². The molecule has 2 amide bonds. The molecule has 1 atom stereocenters. The summed E-state index contributed by atoms with van der Waals surface area (Å²) < 4.78 is 33.9. The monoisotopic (exact) mass is 557 g/mol. The van der Waals surface area contributed by atoms with Crippen LogP contribution in [0.1, 0.15) is 25.8 Å². The van der Waals surface area contributed by atoms with Crippen molar-refractivity contribution in [1.82, 2.24) is 10.2 Å². The third-order valence-corrected chi connectivity index (χ3v) is 7.99. The van der Waals surface area contributed by atoms with Crippen molar-refractivity contribution < 1.29 is 22.7 Å². The molecule has 38 heavy (non-hydrogen) atoms. The number of sulfonamides is 1. The molecular weight excluding hydrogens is 526 g/mol. The number of carbonyl (C=O) groups excluding carboxylic acids is 2. The van der Waals surface area contributed by atoms with E-state index < -0.39 is 28.5 Å². The Hall–Kier alpha value is -3.56. The molecule has 3 aromatic carbocycles. The number of nitrogens with one attached hydrogen (secondary N) is 1. The number of nitrogens with zero attached hydrogens (tertiary/aromatic N) is 2. The van der Waals surface area contributed by atoms with Crippen LogP contribution in [0.5, 0.6) is 5.75 Å². The van der Waals surface area contributed by atoms with Gasteiger partial charge in [-0.3, -0.25) is 13.9 Å². The molecule has 8 nitrogen and oxygen atoms in total. The van der Waals surface area contributed by atoms with Crippen LogP contribution in [0, 0.1) is 0 Å². The van der Waals surface area contributed by atoms with Crippen molar-refractivity contribution in [3.8, 4) is 5.75 Å². The maximum Gasteiger partial charge on any atom is 0.264 e. The number of hydrogen-bond acceptors (Lipinski definition) is 5. The SMILES string of the molecule is CCNC(=O)C(CC)N(Cc1ccc(Cl)cc1)C(=O)CN(c1cccc(OC)c1)S(=O)(=O)c1ccccc1. The van der Waals surface area contributed by atoms with Crippen LogP contribution in [-0.4, -0.2) is 51.4 Å². The summed E-state index contributed by atoms with van der Waals surface area (Å²) >= 11 is 6.03. The van der Waals surface area contributed by atoms with Gasteiger partial charge in [0.05, 0.1) is 17.7 Å². The second-order valence-electron chi connectivity index (χ2n) is 8.49. The largest absolute Gasteiger partial charge is 0.497 e. The highest BCUT2D eigenvalue weighted by molar-refractivity contribution is 7.92. The first kappa shape index (κ1) is 29.0. The standard InChI is InChI=1S/C28H32ClN3O5S/c1-4-26(28(34)30-5-2)31(19-21-14-16-22(29)17-15-21)27(33)20-32(23-10-9-11-24(18-23)37-3)38(35,36)25-12-7-6-8-13-25/h6-18,26H,4-5,19-20H2,1-3H3,(H,30,34). The van der Waals surface area contributed by atoms with Crippen LogP contribution in [0.3, 0.4) is 0 Å². The zero-order chi connectivity index (χ0) is 27.7. The van der Waals surface area contributed by atoms with Gasteiger partial charge in [-0.25, -0.2) is 8.42 Å². The van der Waals surface area contributed by atoms with Crippen LogP contribution in [0.15, 0.2) is 83.8 Å². The zero-order valence-corrected chi connectivity index (χ0v) is 23.2. The van der Waals surface area contributed by atoms with Gasteiger partial charge in [0, 0.05) is 24.2 Å². The number of benzene rings is 3. The van der Waals surface area contributed by atoms with Crippen molar-refractivity contribution in [1.29, 1.82) is 0 Å². The molecule has 10 heteroatoms. The molecule has 3 aromatic rings. The summed E-state index contributed by atoms with van der Waals surface area (Å²) in [6.45, 7) is 3.59. The number of ether oxygens (including phenoxy) is 1. The number of carbonyl (C=O) groups is 2. The van der Waals surface area contributed by atoms with Gasteiger partial charge in [0.15, 0.2) is 0 Å². The van der Waals surface area contributed by atoms with Crippen LogP contribution in [-0.2, 0) is 26.2 Å². The number of likely N-dealkylation sites (N-methyl/N-ethyl adjacent to an activating group) is 1. The van der Waals surface area contributed by atoms with Gasteiger partial charge in [0.2, 0.25) is 11.8 Å². The Balaban J connectivity index is 2.06. The third kappa shape index (κ3) is 7.05. The first-order valence-electron chi connectivity index (χ1n) is 12.2. The molecule has 0 aliphatic heterocycles. The first-order valence-corrected chi connectivity index (χ1v) is 14.1. The minimum Gasteiger partial charge on any atom is -0.497 e. The highest BCUT2D eigenvalue weighted by Gasteiger charge is 2.33. The minimum atomic E-state index is -4.14. The summed E-state index contributed by atoms with van der Waals surface area (Å²) in [5, 5.41) is 3.32. The highest BCUT2D eigenvalue weighted by Crippen LogP contribution is 2.27. The predicted molar refractivity (Wildman–Crippen MR) is 149 cm³/mol. The number of amides is 2. The highest BCUT2D eigenvalue weighted by atomic mass is 35.5.